The van der Waals surface area contributed by atoms with E-state index in [2.05, 4.69) is 10.3 Å². The molecule has 0 amide bonds. The van der Waals surface area contributed by atoms with Gasteiger partial charge in [-0.25, -0.2) is 4.98 Å². The van der Waals surface area contributed by atoms with Crippen molar-refractivity contribution in [2.24, 2.45) is 0 Å². The molecule has 1 aromatic heterocycles. The topological polar surface area (TPSA) is 34.1 Å². The number of benzene rings is 1. The molecule has 108 valence electrons. The van der Waals surface area contributed by atoms with E-state index >= 15 is 0 Å². The summed E-state index contributed by atoms with van der Waals surface area (Å²) in [7, 11) is 1.58. The number of hydrogen-bond acceptors (Lipinski definition) is 3. The summed E-state index contributed by atoms with van der Waals surface area (Å²) in [5, 5.41) is 3.38. The lowest BCUT2D eigenvalue weighted by atomic mass is 10.1. The standard InChI is InChI=1S/C14H15F3N2O/c1-3-7-20-11-6-4-5-9-10(18-2)8-12(14(15,16)17)19-13(9)11/h4-6,8H,3,7H2,1-2H3,(H,18,19). The molecule has 2 aromatic rings. The fourth-order valence-corrected chi connectivity index (χ4v) is 1.90. The quantitative estimate of drug-likeness (QED) is 0.918. The van der Waals surface area contributed by atoms with E-state index in [1.807, 2.05) is 6.92 Å². The van der Waals surface area contributed by atoms with Gasteiger partial charge in [0.2, 0.25) is 0 Å². The molecular weight excluding hydrogens is 269 g/mol. The van der Waals surface area contributed by atoms with Crippen LogP contribution in [0.2, 0.25) is 0 Å². The summed E-state index contributed by atoms with van der Waals surface area (Å²) in [5.41, 5.74) is -0.328. The maximum Gasteiger partial charge on any atom is 0.433 e. The van der Waals surface area contributed by atoms with Gasteiger partial charge in [-0.2, -0.15) is 13.2 Å². The van der Waals surface area contributed by atoms with Crippen molar-refractivity contribution in [1.82, 2.24) is 4.98 Å². The molecule has 0 atom stereocenters. The van der Waals surface area contributed by atoms with Gasteiger partial charge in [0, 0.05) is 18.1 Å². The molecule has 0 radical (unpaired) electrons. The molecule has 3 nitrogen and oxygen atoms in total. The van der Waals surface area contributed by atoms with Gasteiger partial charge in [0.05, 0.1) is 6.61 Å². The molecular formula is C14H15F3N2O. The van der Waals surface area contributed by atoms with E-state index in [1.165, 1.54) is 0 Å². The first-order valence-electron chi connectivity index (χ1n) is 6.29. The molecule has 20 heavy (non-hydrogen) atoms. The third kappa shape index (κ3) is 2.79. The number of aromatic nitrogens is 1. The third-order valence-corrected chi connectivity index (χ3v) is 2.82. The van der Waals surface area contributed by atoms with E-state index < -0.39 is 11.9 Å². The van der Waals surface area contributed by atoms with Crippen molar-refractivity contribution < 1.29 is 17.9 Å². The summed E-state index contributed by atoms with van der Waals surface area (Å²) in [6.07, 6.45) is -3.72. The number of rotatable bonds is 4. The number of nitrogens with one attached hydrogen (secondary N) is 1. The number of para-hydroxylation sites is 1. The second-order valence-corrected chi connectivity index (χ2v) is 4.30. The summed E-state index contributed by atoms with van der Waals surface area (Å²) in [6, 6.07) is 6.09. The summed E-state index contributed by atoms with van der Waals surface area (Å²) in [5.74, 6) is 0.368. The molecule has 1 N–H and O–H groups in total. The Kier molecular flexibility index (Phi) is 4.01. The van der Waals surface area contributed by atoms with Gasteiger partial charge in [0.1, 0.15) is 17.0 Å². The molecule has 0 aliphatic carbocycles. The second-order valence-electron chi connectivity index (χ2n) is 4.30. The molecule has 0 bridgehead atoms. The van der Waals surface area contributed by atoms with E-state index in [0.29, 0.717) is 23.4 Å². The number of pyridine rings is 1. The third-order valence-electron chi connectivity index (χ3n) is 2.82. The Morgan fingerprint density at radius 1 is 1.30 bits per heavy atom. The largest absolute Gasteiger partial charge is 0.491 e. The van der Waals surface area contributed by atoms with E-state index in [4.69, 9.17) is 4.74 Å². The molecule has 6 heteroatoms. The van der Waals surface area contributed by atoms with Crippen LogP contribution in [0.4, 0.5) is 18.9 Å². The van der Waals surface area contributed by atoms with Crippen molar-refractivity contribution in [3.05, 3.63) is 30.0 Å². The molecule has 1 heterocycles. The molecule has 2 rings (SSSR count). The van der Waals surface area contributed by atoms with E-state index in [9.17, 15) is 13.2 Å². The van der Waals surface area contributed by atoms with Crippen molar-refractivity contribution >= 4 is 16.6 Å². The number of halogens is 3. The predicted molar refractivity (Wildman–Crippen MR) is 72.1 cm³/mol. The van der Waals surface area contributed by atoms with Crippen LogP contribution in [-0.2, 0) is 6.18 Å². The highest BCUT2D eigenvalue weighted by Gasteiger charge is 2.33. The first-order chi connectivity index (χ1) is 9.47. The minimum absolute atomic E-state index is 0.222. The van der Waals surface area contributed by atoms with Gasteiger partial charge in [-0.05, 0) is 18.6 Å². The lowest BCUT2D eigenvalue weighted by Gasteiger charge is -2.14. The van der Waals surface area contributed by atoms with Gasteiger partial charge in [-0.1, -0.05) is 19.1 Å². The smallest absolute Gasteiger partial charge is 0.433 e. The zero-order valence-corrected chi connectivity index (χ0v) is 11.2. The van der Waals surface area contributed by atoms with Crippen LogP contribution in [0, 0.1) is 0 Å². The van der Waals surface area contributed by atoms with E-state index in [1.54, 1.807) is 25.2 Å². The van der Waals surface area contributed by atoms with Crippen LogP contribution in [0.3, 0.4) is 0 Å². The molecule has 0 saturated carbocycles. The van der Waals surface area contributed by atoms with Crippen molar-refractivity contribution in [1.29, 1.82) is 0 Å². The Morgan fingerprint density at radius 2 is 2.05 bits per heavy atom. The summed E-state index contributed by atoms with van der Waals surface area (Å²) >= 11 is 0. The SMILES string of the molecule is CCCOc1cccc2c(NC)cc(C(F)(F)F)nc12. The average Bonchev–Trinajstić information content (AvgIpc) is 2.42. The Hall–Kier alpha value is -1.98. The molecule has 0 saturated heterocycles. The second kappa shape index (κ2) is 5.56. The maximum absolute atomic E-state index is 12.9. The Labute approximate surface area is 114 Å². The fourth-order valence-electron chi connectivity index (χ4n) is 1.90. The number of anilines is 1. The maximum atomic E-state index is 12.9. The molecule has 0 fully saturated rings. The van der Waals surface area contributed by atoms with Crippen molar-refractivity contribution in [2.75, 3.05) is 19.0 Å². The zero-order valence-electron chi connectivity index (χ0n) is 11.2. The number of nitrogens with zero attached hydrogens (tertiary/aromatic N) is 1. The van der Waals surface area contributed by atoms with Gasteiger partial charge < -0.3 is 10.1 Å². The van der Waals surface area contributed by atoms with Crippen LogP contribution < -0.4 is 10.1 Å². The summed E-state index contributed by atoms with van der Waals surface area (Å²) in [4.78, 5) is 3.72. The zero-order chi connectivity index (χ0) is 14.8. The highest BCUT2D eigenvalue weighted by atomic mass is 19.4. The Balaban J connectivity index is 2.66. The Bertz CT molecular complexity index is 611. The minimum Gasteiger partial charge on any atom is -0.491 e. The van der Waals surface area contributed by atoms with Crippen LogP contribution in [0.1, 0.15) is 19.0 Å². The minimum atomic E-state index is -4.49. The lowest BCUT2D eigenvalue weighted by Crippen LogP contribution is -2.09. The van der Waals surface area contributed by atoms with Gasteiger partial charge >= 0.3 is 6.18 Å². The normalized spacial score (nSPS) is 11.7. The predicted octanol–water partition coefficient (Wildman–Crippen LogP) is 4.08. The van der Waals surface area contributed by atoms with Crippen LogP contribution in [-0.4, -0.2) is 18.6 Å². The van der Waals surface area contributed by atoms with Crippen molar-refractivity contribution in [2.45, 2.75) is 19.5 Å². The van der Waals surface area contributed by atoms with Gasteiger partial charge in [-0.3, -0.25) is 0 Å². The van der Waals surface area contributed by atoms with Gasteiger partial charge in [-0.15, -0.1) is 0 Å². The number of hydrogen-bond donors (Lipinski definition) is 1. The van der Waals surface area contributed by atoms with E-state index in [0.717, 1.165) is 12.5 Å². The van der Waals surface area contributed by atoms with Gasteiger partial charge in [0.25, 0.3) is 0 Å². The monoisotopic (exact) mass is 284 g/mol. The van der Waals surface area contributed by atoms with Crippen LogP contribution >= 0.6 is 0 Å². The average molecular weight is 284 g/mol. The molecule has 0 spiro atoms. The molecule has 0 aliphatic heterocycles. The van der Waals surface area contributed by atoms with Crippen LogP contribution in [0.15, 0.2) is 24.3 Å². The first-order valence-corrected chi connectivity index (χ1v) is 6.29. The summed E-state index contributed by atoms with van der Waals surface area (Å²) in [6.45, 7) is 2.37. The number of fused-ring (bicyclic) bond motifs is 1. The van der Waals surface area contributed by atoms with Crippen LogP contribution in [0.25, 0.3) is 10.9 Å². The molecule has 0 aliphatic rings. The lowest BCUT2D eigenvalue weighted by molar-refractivity contribution is -0.140. The van der Waals surface area contributed by atoms with Gasteiger partial charge in [0.15, 0.2) is 0 Å². The van der Waals surface area contributed by atoms with Crippen molar-refractivity contribution in [3.8, 4) is 5.75 Å². The van der Waals surface area contributed by atoms with E-state index in [-0.39, 0.29) is 5.52 Å². The first kappa shape index (κ1) is 14.4. The van der Waals surface area contributed by atoms with Crippen molar-refractivity contribution in [3.63, 3.8) is 0 Å². The fraction of sp³-hybridized carbons (Fsp3) is 0.357. The summed E-state index contributed by atoms with van der Waals surface area (Å²) < 4.78 is 44.1. The van der Waals surface area contributed by atoms with Crippen LogP contribution in [0.5, 0.6) is 5.75 Å². The highest BCUT2D eigenvalue weighted by molar-refractivity contribution is 5.95. The number of ether oxygens (including phenoxy) is 1. The molecule has 1 aromatic carbocycles. The Morgan fingerprint density at radius 3 is 2.65 bits per heavy atom. The highest BCUT2D eigenvalue weighted by Crippen LogP contribution is 2.35. The molecule has 0 unspecified atom stereocenters. The number of alkyl halides is 3.